The Morgan fingerprint density at radius 2 is 2.06 bits per heavy atom. The summed E-state index contributed by atoms with van der Waals surface area (Å²) in [6, 6.07) is 6.96. The van der Waals surface area contributed by atoms with Gasteiger partial charge in [-0.25, -0.2) is 9.18 Å². The molecule has 1 saturated carbocycles. The van der Waals surface area contributed by atoms with Crippen LogP contribution < -0.4 is 5.43 Å². The van der Waals surface area contributed by atoms with E-state index in [-0.39, 0.29) is 22.5 Å². The van der Waals surface area contributed by atoms with Crippen molar-refractivity contribution in [3.63, 3.8) is 0 Å². The van der Waals surface area contributed by atoms with Gasteiger partial charge in [-0.1, -0.05) is 11.6 Å². The summed E-state index contributed by atoms with van der Waals surface area (Å²) < 4.78 is 16.4. The van der Waals surface area contributed by atoms with E-state index in [4.69, 9.17) is 11.6 Å². The molecule has 0 bridgehead atoms. The molecule has 1 aromatic carbocycles. The molecule has 184 valence electrons. The van der Waals surface area contributed by atoms with Crippen molar-refractivity contribution in [2.24, 2.45) is 0 Å². The van der Waals surface area contributed by atoms with Crippen LogP contribution in [0.25, 0.3) is 10.9 Å². The molecule has 7 nitrogen and oxygen atoms in total. The zero-order valence-electron chi connectivity index (χ0n) is 19.6. The van der Waals surface area contributed by atoms with Gasteiger partial charge in [-0.3, -0.25) is 14.7 Å². The molecule has 5 rings (SSSR count). The second-order valence-corrected chi connectivity index (χ2v) is 10.0. The van der Waals surface area contributed by atoms with Gasteiger partial charge in [0.15, 0.2) is 5.43 Å². The fourth-order valence-electron chi connectivity index (χ4n) is 5.06. The van der Waals surface area contributed by atoms with E-state index in [9.17, 15) is 19.1 Å². The summed E-state index contributed by atoms with van der Waals surface area (Å²) in [6.07, 6.45) is 6.32. The molecule has 1 aliphatic carbocycles. The van der Waals surface area contributed by atoms with Crippen molar-refractivity contribution >= 4 is 28.6 Å². The number of aromatic nitrogens is 2. The van der Waals surface area contributed by atoms with E-state index in [2.05, 4.69) is 14.5 Å². The highest BCUT2D eigenvalue weighted by molar-refractivity contribution is 6.31. The largest absolute Gasteiger partial charge is 0.465 e. The maximum atomic E-state index is 14.3. The highest BCUT2D eigenvalue weighted by Crippen LogP contribution is 2.38. The summed E-state index contributed by atoms with van der Waals surface area (Å²) in [7, 11) is 0. The minimum absolute atomic E-state index is 0.00435. The average molecular weight is 499 g/mol. The quantitative estimate of drug-likeness (QED) is 0.518. The minimum Gasteiger partial charge on any atom is -0.465 e. The number of carboxylic acid groups (broad SMARTS) is 1. The molecule has 35 heavy (non-hydrogen) atoms. The lowest BCUT2D eigenvalue weighted by Gasteiger charge is -2.38. The molecule has 0 spiro atoms. The van der Waals surface area contributed by atoms with Gasteiger partial charge in [0.1, 0.15) is 5.82 Å². The number of rotatable bonds is 6. The topological polar surface area (TPSA) is 78.7 Å². The first-order valence-electron chi connectivity index (χ1n) is 12.0. The molecule has 2 aliphatic rings. The molecule has 2 aromatic heterocycles. The monoisotopic (exact) mass is 498 g/mol. The zero-order valence-corrected chi connectivity index (χ0v) is 20.3. The van der Waals surface area contributed by atoms with Gasteiger partial charge in [-0.15, -0.1) is 0 Å². The van der Waals surface area contributed by atoms with Crippen molar-refractivity contribution in [2.75, 3.05) is 13.1 Å². The van der Waals surface area contributed by atoms with E-state index < -0.39 is 11.9 Å². The van der Waals surface area contributed by atoms with E-state index >= 15 is 0 Å². The molecule has 9 heteroatoms. The van der Waals surface area contributed by atoms with Gasteiger partial charge in [-0.05, 0) is 62.4 Å². The number of fused-ring (bicyclic) bond motifs is 1. The molecular weight excluding hydrogens is 471 g/mol. The van der Waals surface area contributed by atoms with Crippen molar-refractivity contribution in [1.29, 1.82) is 0 Å². The maximum absolute atomic E-state index is 14.3. The Kier molecular flexibility index (Phi) is 6.51. The van der Waals surface area contributed by atoms with Crippen LogP contribution in [0.5, 0.6) is 0 Å². The fraction of sp³-hybridized carbons (Fsp3) is 0.423. The highest BCUT2D eigenvalue weighted by Gasteiger charge is 2.30. The number of benzene rings is 1. The van der Waals surface area contributed by atoms with Gasteiger partial charge in [0.2, 0.25) is 0 Å². The summed E-state index contributed by atoms with van der Waals surface area (Å²) in [5.41, 5.74) is 2.95. The normalized spacial score (nSPS) is 18.4. The molecule has 1 N–H and O–H groups in total. The molecule has 1 unspecified atom stereocenters. The van der Waals surface area contributed by atoms with Crippen LogP contribution in [0.4, 0.5) is 9.18 Å². The molecule has 1 atom stereocenters. The van der Waals surface area contributed by atoms with Crippen molar-refractivity contribution < 1.29 is 14.3 Å². The number of nitrogens with zero attached hydrogens (tertiary/aromatic N) is 4. The lowest BCUT2D eigenvalue weighted by atomic mass is 10.0. The van der Waals surface area contributed by atoms with Crippen molar-refractivity contribution in [3.05, 3.63) is 74.5 Å². The summed E-state index contributed by atoms with van der Waals surface area (Å²) in [5, 5.41) is 9.90. The number of likely N-dealkylation sites (tertiary alicyclic amines) is 1. The second kappa shape index (κ2) is 9.59. The summed E-state index contributed by atoms with van der Waals surface area (Å²) in [4.78, 5) is 33.1. The number of hydrogen-bond donors (Lipinski definition) is 1. The molecule has 3 aromatic rings. The van der Waals surface area contributed by atoms with Crippen LogP contribution in [-0.4, -0.2) is 49.7 Å². The first-order valence-corrected chi connectivity index (χ1v) is 12.3. The number of hydrogen-bond acceptors (Lipinski definition) is 4. The van der Waals surface area contributed by atoms with Crippen LogP contribution >= 0.6 is 11.6 Å². The van der Waals surface area contributed by atoms with Crippen molar-refractivity contribution in [1.82, 2.24) is 19.4 Å². The Balaban J connectivity index is 1.55. The second-order valence-electron chi connectivity index (χ2n) is 9.64. The van der Waals surface area contributed by atoms with Crippen LogP contribution in [0.15, 0.2) is 41.5 Å². The molecular formula is C26H28ClFN4O3. The Bertz CT molecular complexity index is 1340. The SMILES string of the molecule is Cc1cc(CN(Cc2cn(C3CC3)c3cc(Cl)c(F)cc3c2=O)C2CCCN(C(=O)O)C2)ccn1. The van der Waals surface area contributed by atoms with Gasteiger partial charge in [-0.2, -0.15) is 0 Å². The molecule has 2 fully saturated rings. The zero-order chi connectivity index (χ0) is 24.7. The number of aryl methyl sites for hydroxylation is 1. The van der Waals surface area contributed by atoms with Crippen molar-refractivity contribution in [2.45, 2.75) is 57.8 Å². The number of halogens is 2. The Labute approximate surface area is 207 Å². The number of carbonyl (C=O) groups is 1. The molecule has 1 aliphatic heterocycles. The predicted molar refractivity (Wildman–Crippen MR) is 132 cm³/mol. The molecule has 0 radical (unpaired) electrons. The minimum atomic E-state index is -0.927. The molecule has 3 heterocycles. The number of piperidine rings is 1. The third-order valence-corrected chi connectivity index (χ3v) is 7.28. The van der Waals surface area contributed by atoms with E-state index in [1.165, 1.54) is 11.0 Å². The van der Waals surface area contributed by atoms with Gasteiger partial charge < -0.3 is 14.6 Å². The van der Waals surface area contributed by atoms with E-state index in [0.717, 1.165) is 36.9 Å². The third-order valence-electron chi connectivity index (χ3n) is 6.99. The van der Waals surface area contributed by atoms with Gasteiger partial charge in [0, 0.05) is 67.3 Å². The van der Waals surface area contributed by atoms with E-state index in [1.807, 2.05) is 25.3 Å². The number of pyridine rings is 2. The van der Waals surface area contributed by atoms with Gasteiger partial charge in [0.25, 0.3) is 0 Å². The van der Waals surface area contributed by atoms with Crippen molar-refractivity contribution in [3.8, 4) is 0 Å². The Hall–Kier alpha value is -2.97. The molecule has 1 amide bonds. The van der Waals surface area contributed by atoms with Crippen LogP contribution in [0.1, 0.15) is 48.5 Å². The Morgan fingerprint density at radius 3 is 2.77 bits per heavy atom. The lowest BCUT2D eigenvalue weighted by Crippen LogP contribution is -2.49. The van der Waals surface area contributed by atoms with Crippen LogP contribution in [0, 0.1) is 12.7 Å². The highest BCUT2D eigenvalue weighted by atomic mass is 35.5. The van der Waals surface area contributed by atoms with Crippen LogP contribution in [-0.2, 0) is 13.1 Å². The summed E-state index contributed by atoms with van der Waals surface area (Å²) >= 11 is 6.05. The smallest absolute Gasteiger partial charge is 0.407 e. The van der Waals surface area contributed by atoms with Crippen LogP contribution in [0.3, 0.4) is 0 Å². The average Bonchev–Trinajstić information content (AvgIpc) is 3.67. The fourth-order valence-corrected chi connectivity index (χ4v) is 5.22. The van der Waals surface area contributed by atoms with Gasteiger partial charge in [0.05, 0.1) is 10.5 Å². The number of amides is 1. The lowest BCUT2D eigenvalue weighted by molar-refractivity contribution is 0.0781. The first-order chi connectivity index (χ1) is 16.8. The van der Waals surface area contributed by atoms with E-state index in [1.54, 1.807) is 12.3 Å². The Morgan fingerprint density at radius 1 is 1.26 bits per heavy atom. The standard InChI is InChI=1S/C26H28ClFN4O3/c1-16-9-17(6-7-29-16)12-31(20-3-2-8-30(15-20)26(34)35)13-18-14-32(19-4-5-19)24-11-22(27)23(28)10-21(24)25(18)33/h6-7,9-11,14,19-20H,2-5,8,12-13,15H2,1H3,(H,34,35). The van der Waals surface area contributed by atoms with E-state index in [0.29, 0.717) is 42.6 Å². The maximum Gasteiger partial charge on any atom is 0.407 e. The van der Waals surface area contributed by atoms with Crippen LogP contribution in [0.2, 0.25) is 5.02 Å². The summed E-state index contributed by atoms with van der Waals surface area (Å²) in [6.45, 7) is 3.72. The summed E-state index contributed by atoms with van der Waals surface area (Å²) in [5.74, 6) is -0.607. The third kappa shape index (κ3) is 5.04. The first kappa shape index (κ1) is 23.8. The van der Waals surface area contributed by atoms with Gasteiger partial charge >= 0.3 is 6.09 Å². The predicted octanol–water partition coefficient (Wildman–Crippen LogP) is 4.98. The molecule has 1 saturated heterocycles.